The predicted octanol–water partition coefficient (Wildman–Crippen LogP) is 4.41. The normalized spacial score (nSPS) is 10.3. The molecule has 0 bridgehead atoms. The van der Waals surface area contributed by atoms with Crippen molar-refractivity contribution >= 4 is 29.0 Å². The van der Waals surface area contributed by atoms with Gasteiger partial charge in [-0.3, -0.25) is 19.4 Å². The summed E-state index contributed by atoms with van der Waals surface area (Å²) in [6.07, 6.45) is 2.80. The van der Waals surface area contributed by atoms with Gasteiger partial charge in [0.25, 0.3) is 11.8 Å². The SMILES string of the molecule is CC(=O)c1cccc(NC(=O)c2cncc(C(=O)Nc3cc(C)ccc3C)c2)c1. The fourth-order valence-electron chi connectivity index (χ4n) is 2.77. The molecule has 0 aliphatic heterocycles. The fourth-order valence-corrected chi connectivity index (χ4v) is 2.77. The molecule has 2 amide bonds. The summed E-state index contributed by atoms with van der Waals surface area (Å²) in [7, 11) is 0. The van der Waals surface area contributed by atoms with E-state index in [1.54, 1.807) is 24.3 Å². The minimum absolute atomic E-state index is 0.0899. The minimum atomic E-state index is -0.417. The van der Waals surface area contributed by atoms with Crippen LogP contribution >= 0.6 is 0 Å². The highest BCUT2D eigenvalue weighted by Crippen LogP contribution is 2.18. The molecule has 3 aromatic rings. The molecular weight excluding hydrogens is 366 g/mol. The number of amides is 2. The molecule has 6 nitrogen and oxygen atoms in total. The summed E-state index contributed by atoms with van der Waals surface area (Å²) in [5.74, 6) is -0.855. The molecule has 0 fully saturated rings. The summed E-state index contributed by atoms with van der Waals surface area (Å²) in [4.78, 5) is 40.7. The van der Waals surface area contributed by atoms with E-state index in [1.807, 2.05) is 32.0 Å². The lowest BCUT2D eigenvalue weighted by Gasteiger charge is -2.10. The van der Waals surface area contributed by atoms with Crippen molar-refractivity contribution < 1.29 is 14.4 Å². The Kier molecular flexibility index (Phi) is 5.83. The van der Waals surface area contributed by atoms with Crippen molar-refractivity contribution in [1.29, 1.82) is 0 Å². The van der Waals surface area contributed by atoms with Gasteiger partial charge in [-0.05, 0) is 56.2 Å². The largest absolute Gasteiger partial charge is 0.322 e. The Morgan fingerprint density at radius 3 is 2.17 bits per heavy atom. The third-order valence-corrected chi connectivity index (χ3v) is 4.43. The van der Waals surface area contributed by atoms with Gasteiger partial charge in [-0.2, -0.15) is 0 Å². The Morgan fingerprint density at radius 2 is 1.48 bits per heavy atom. The van der Waals surface area contributed by atoms with Crippen LogP contribution in [-0.4, -0.2) is 22.6 Å². The van der Waals surface area contributed by atoms with Crippen LogP contribution in [0, 0.1) is 13.8 Å². The maximum absolute atomic E-state index is 12.6. The lowest BCUT2D eigenvalue weighted by Crippen LogP contribution is -2.16. The van der Waals surface area contributed by atoms with Gasteiger partial charge >= 0.3 is 0 Å². The van der Waals surface area contributed by atoms with E-state index in [2.05, 4.69) is 15.6 Å². The maximum Gasteiger partial charge on any atom is 0.257 e. The van der Waals surface area contributed by atoms with Crippen LogP contribution in [0.25, 0.3) is 0 Å². The molecule has 0 saturated heterocycles. The Balaban J connectivity index is 1.77. The van der Waals surface area contributed by atoms with E-state index in [4.69, 9.17) is 0 Å². The topological polar surface area (TPSA) is 88.2 Å². The summed E-state index contributed by atoms with van der Waals surface area (Å²) in [6, 6.07) is 13.9. The lowest BCUT2D eigenvalue weighted by molar-refractivity contribution is 0.100. The second kappa shape index (κ2) is 8.48. The number of nitrogens with one attached hydrogen (secondary N) is 2. The van der Waals surface area contributed by atoms with Crippen molar-refractivity contribution in [2.24, 2.45) is 0 Å². The van der Waals surface area contributed by atoms with Crippen molar-refractivity contribution in [3.05, 3.63) is 88.7 Å². The van der Waals surface area contributed by atoms with Gasteiger partial charge < -0.3 is 10.6 Å². The van der Waals surface area contributed by atoms with Gasteiger partial charge in [0.2, 0.25) is 0 Å². The average Bonchev–Trinajstić information content (AvgIpc) is 2.71. The van der Waals surface area contributed by atoms with E-state index in [1.165, 1.54) is 25.4 Å². The van der Waals surface area contributed by atoms with Gasteiger partial charge in [-0.15, -0.1) is 0 Å². The molecule has 1 heterocycles. The molecule has 2 N–H and O–H groups in total. The Morgan fingerprint density at radius 1 is 0.793 bits per heavy atom. The third-order valence-electron chi connectivity index (χ3n) is 4.43. The molecular formula is C23H21N3O3. The van der Waals surface area contributed by atoms with E-state index in [9.17, 15) is 14.4 Å². The molecule has 6 heteroatoms. The first-order valence-electron chi connectivity index (χ1n) is 9.09. The second-order valence-corrected chi connectivity index (χ2v) is 6.83. The number of rotatable bonds is 5. The van der Waals surface area contributed by atoms with Crippen molar-refractivity contribution in [1.82, 2.24) is 4.98 Å². The van der Waals surface area contributed by atoms with Crippen LogP contribution in [0.5, 0.6) is 0 Å². The monoisotopic (exact) mass is 387 g/mol. The third kappa shape index (κ3) is 4.93. The van der Waals surface area contributed by atoms with Crippen LogP contribution in [0.3, 0.4) is 0 Å². The number of anilines is 2. The number of benzene rings is 2. The summed E-state index contributed by atoms with van der Waals surface area (Å²) in [5, 5.41) is 5.58. The van der Waals surface area contributed by atoms with Gasteiger partial charge in [0.1, 0.15) is 0 Å². The maximum atomic E-state index is 12.6. The highest BCUT2D eigenvalue weighted by atomic mass is 16.2. The summed E-state index contributed by atoms with van der Waals surface area (Å²) < 4.78 is 0. The molecule has 3 rings (SSSR count). The smallest absolute Gasteiger partial charge is 0.257 e. The van der Waals surface area contributed by atoms with Gasteiger partial charge in [0, 0.05) is 29.3 Å². The van der Waals surface area contributed by atoms with Gasteiger partial charge in [0.15, 0.2) is 5.78 Å². The van der Waals surface area contributed by atoms with Crippen LogP contribution < -0.4 is 10.6 Å². The predicted molar refractivity (Wildman–Crippen MR) is 113 cm³/mol. The van der Waals surface area contributed by atoms with Gasteiger partial charge in [0.05, 0.1) is 11.1 Å². The number of pyridine rings is 1. The molecule has 146 valence electrons. The molecule has 0 aliphatic rings. The van der Waals surface area contributed by atoms with Crippen molar-refractivity contribution in [3.8, 4) is 0 Å². The Hall–Kier alpha value is -3.80. The van der Waals surface area contributed by atoms with Crippen molar-refractivity contribution in [2.45, 2.75) is 20.8 Å². The summed E-state index contributed by atoms with van der Waals surface area (Å²) in [6.45, 7) is 5.32. The van der Waals surface area contributed by atoms with Crippen molar-refractivity contribution in [2.75, 3.05) is 10.6 Å². The van der Waals surface area contributed by atoms with Crippen molar-refractivity contribution in [3.63, 3.8) is 0 Å². The number of nitrogens with zero attached hydrogens (tertiary/aromatic N) is 1. The number of hydrogen-bond acceptors (Lipinski definition) is 4. The van der Waals surface area contributed by atoms with Crippen LogP contribution in [0.2, 0.25) is 0 Å². The van der Waals surface area contributed by atoms with Crippen LogP contribution in [0.15, 0.2) is 60.9 Å². The Labute approximate surface area is 169 Å². The minimum Gasteiger partial charge on any atom is -0.322 e. The van der Waals surface area contributed by atoms with E-state index in [-0.39, 0.29) is 22.8 Å². The lowest BCUT2D eigenvalue weighted by atomic mass is 10.1. The molecule has 0 atom stereocenters. The van der Waals surface area contributed by atoms with Gasteiger partial charge in [-0.25, -0.2) is 0 Å². The molecule has 29 heavy (non-hydrogen) atoms. The molecule has 0 spiro atoms. The molecule has 0 aliphatic carbocycles. The van der Waals surface area contributed by atoms with Crippen LogP contribution in [-0.2, 0) is 0 Å². The zero-order valence-corrected chi connectivity index (χ0v) is 16.4. The summed E-state index contributed by atoms with van der Waals surface area (Å²) in [5.41, 5.74) is 4.20. The molecule has 2 aromatic carbocycles. The molecule has 0 radical (unpaired) electrons. The number of hydrogen-bond donors (Lipinski definition) is 2. The average molecular weight is 387 g/mol. The first kappa shape index (κ1) is 19.9. The quantitative estimate of drug-likeness (QED) is 0.635. The van der Waals surface area contributed by atoms with E-state index >= 15 is 0 Å². The fraction of sp³-hybridized carbons (Fsp3) is 0.130. The van der Waals surface area contributed by atoms with E-state index in [0.29, 0.717) is 16.9 Å². The standard InChI is InChI=1S/C23H21N3O3/c1-14-7-8-15(2)21(9-14)26-23(29)19-10-18(12-24-13-19)22(28)25-20-6-4-5-17(11-20)16(3)27/h4-13H,1-3H3,(H,25,28)(H,26,29). The first-order chi connectivity index (χ1) is 13.8. The van der Waals surface area contributed by atoms with Gasteiger partial charge in [-0.1, -0.05) is 24.3 Å². The van der Waals surface area contributed by atoms with Crippen LogP contribution in [0.4, 0.5) is 11.4 Å². The second-order valence-electron chi connectivity index (χ2n) is 6.83. The van der Waals surface area contributed by atoms with E-state index in [0.717, 1.165) is 11.1 Å². The number of aryl methyl sites for hydroxylation is 2. The molecule has 1 aromatic heterocycles. The highest BCUT2D eigenvalue weighted by molar-refractivity contribution is 6.09. The number of Topliss-reactive ketones (excluding diaryl/α,β-unsaturated/α-hetero) is 1. The number of carbonyl (C=O) groups excluding carboxylic acids is 3. The van der Waals surface area contributed by atoms with E-state index < -0.39 is 5.91 Å². The Bertz CT molecular complexity index is 1110. The summed E-state index contributed by atoms with van der Waals surface area (Å²) >= 11 is 0. The molecule has 0 unspecified atom stereocenters. The zero-order chi connectivity index (χ0) is 21.0. The van der Waals surface area contributed by atoms with Crippen LogP contribution in [0.1, 0.15) is 49.1 Å². The highest BCUT2D eigenvalue weighted by Gasteiger charge is 2.13. The number of aromatic nitrogens is 1. The zero-order valence-electron chi connectivity index (χ0n) is 16.4. The molecule has 0 saturated carbocycles. The first-order valence-corrected chi connectivity index (χ1v) is 9.09. The number of carbonyl (C=O) groups is 3. The number of ketones is 1.